The molecule has 4 atom stereocenters. The number of aliphatic carboxylic acids is 1. The van der Waals surface area contributed by atoms with Gasteiger partial charge in [-0.05, 0) is 82.7 Å². The Bertz CT molecular complexity index is 1250. The highest BCUT2D eigenvalue weighted by Crippen LogP contribution is 2.22. The Balaban J connectivity index is 1.50. The standard InChI is InChI=1S/C33H44N4O6/c1-33(2,3)43-25-15-13-23(14-16-25)20-27(31(40)37-18-8-12-28(37)32(41)42)36-29(38)21-24(19-22-9-5-4-6-10-22)35-30(39)26-11-7-17-34-26/h4-6,9-10,13-16,24,26-28,34H,7-8,11-12,17-21H2,1-3H3,(H,35,39)(H,36,38)(H,41,42)/t24-,26-,27-,28-/m0/s1. The van der Waals surface area contributed by atoms with Crippen LogP contribution in [0.2, 0.25) is 0 Å². The molecule has 10 nitrogen and oxygen atoms in total. The van der Waals surface area contributed by atoms with Gasteiger partial charge in [0.25, 0.3) is 0 Å². The molecule has 43 heavy (non-hydrogen) atoms. The van der Waals surface area contributed by atoms with Gasteiger partial charge in [0.2, 0.25) is 17.7 Å². The number of carboxylic acid groups (broad SMARTS) is 1. The van der Waals surface area contributed by atoms with Gasteiger partial charge in [-0.3, -0.25) is 14.4 Å². The van der Waals surface area contributed by atoms with Gasteiger partial charge >= 0.3 is 5.97 Å². The van der Waals surface area contributed by atoms with Crippen molar-refractivity contribution in [3.05, 3.63) is 65.7 Å². The van der Waals surface area contributed by atoms with Crippen molar-refractivity contribution in [2.75, 3.05) is 13.1 Å². The average Bonchev–Trinajstić information content (AvgIpc) is 3.66. The second-order valence-electron chi connectivity index (χ2n) is 12.5. The van der Waals surface area contributed by atoms with E-state index in [1.165, 1.54) is 4.90 Å². The van der Waals surface area contributed by atoms with Crippen LogP contribution in [0.5, 0.6) is 5.75 Å². The summed E-state index contributed by atoms with van der Waals surface area (Å²) in [4.78, 5) is 53.4. The molecule has 4 N–H and O–H groups in total. The quantitative estimate of drug-likeness (QED) is 0.298. The third-order valence-corrected chi connectivity index (χ3v) is 7.72. The van der Waals surface area contributed by atoms with Crippen LogP contribution in [0.25, 0.3) is 0 Å². The van der Waals surface area contributed by atoms with E-state index in [2.05, 4.69) is 16.0 Å². The number of carboxylic acids is 1. The minimum Gasteiger partial charge on any atom is -0.488 e. The molecule has 2 aromatic carbocycles. The molecule has 0 saturated carbocycles. The summed E-state index contributed by atoms with van der Waals surface area (Å²) in [7, 11) is 0. The SMILES string of the molecule is CC(C)(C)Oc1ccc(C[C@H](NC(=O)C[C@H](Cc2ccccc2)NC(=O)[C@@H]2CCCN2)C(=O)N2CCC[C@H]2C(=O)O)cc1. The third kappa shape index (κ3) is 9.54. The van der Waals surface area contributed by atoms with E-state index in [9.17, 15) is 24.3 Å². The van der Waals surface area contributed by atoms with E-state index in [4.69, 9.17) is 4.74 Å². The van der Waals surface area contributed by atoms with Gasteiger partial charge in [-0.25, -0.2) is 4.79 Å². The van der Waals surface area contributed by atoms with Crippen molar-refractivity contribution in [1.82, 2.24) is 20.9 Å². The van der Waals surface area contributed by atoms with Gasteiger partial charge in [-0.15, -0.1) is 0 Å². The molecule has 2 heterocycles. The molecule has 2 saturated heterocycles. The number of rotatable bonds is 12. The van der Waals surface area contributed by atoms with Gasteiger partial charge in [-0.2, -0.15) is 0 Å². The smallest absolute Gasteiger partial charge is 0.326 e. The molecule has 0 aromatic heterocycles. The first-order chi connectivity index (χ1) is 20.5. The van der Waals surface area contributed by atoms with Crippen LogP contribution in [0.15, 0.2) is 54.6 Å². The maximum Gasteiger partial charge on any atom is 0.326 e. The minimum absolute atomic E-state index is 0.0299. The minimum atomic E-state index is -1.05. The maximum atomic E-state index is 13.7. The van der Waals surface area contributed by atoms with Crippen LogP contribution in [0.4, 0.5) is 0 Å². The van der Waals surface area contributed by atoms with Crippen molar-refractivity contribution < 1.29 is 29.0 Å². The lowest BCUT2D eigenvalue weighted by molar-refractivity contribution is -0.149. The van der Waals surface area contributed by atoms with E-state index in [0.717, 1.165) is 30.5 Å². The summed E-state index contributed by atoms with van der Waals surface area (Å²) < 4.78 is 5.91. The topological polar surface area (TPSA) is 137 Å². The number of benzene rings is 2. The number of nitrogens with one attached hydrogen (secondary N) is 3. The molecule has 0 aliphatic carbocycles. The number of hydrogen-bond acceptors (Lipinski definition) is 6. The van der Waals surface area contributed by atoms with Gasteiger partial charge in [0.05, 0.1) is 6.04 Å². The lowest BCUT2D eigenvalue weighted by Gasteiger charge is -2.28. The van der Waals surface area contributed by atoms with Gasteiger partial charge < -0.3 is 30.7 Å². The van der Waals surface area contributed by atoms with Gasteiger partial charge in [-0.1, -0.05) is 42.5 Å². The number of likely N-dealkylation sites (tertiary alicyclic amines) is 1. The van der Waals surface area contributed by atoms with Crippen molar-refractivity contribution in [2.24, 2.45) is 0 Å². The van der Waals surface area contributed by atoms with Crippen molar-refractivity contribution >= 4 is 23.7 Å². The molecular weight excluding hydrogens is 548 g/mol. The van der Waals surface area contributed by atoms with Crippen LogP contribution in [0, 0.1) is 0 Å². The Labute approximate surface area is 253 Å². The van der Waals surface area contributed by atoms with Crippen LogP contribution in [0.1, 0.15) is 64.0 Å². The number of carbonyl (C=O) groups excluding carboxylic acids is 3. The lowest BCUT2D eigenvalue weighted by atomic mass is 10.0. The summed E-state index contributed by atoms with van der Waals surface area (Å²) in [6, 6.07) is 14.3. The molecule has 2 fully saturated rings. The van der Waals surface area contributed by atoms with Gasteiger partial charge in [0, 0.05) is 25.4 Å². The third-order valence-electron chi connectivity index (χ3n) is 7.72. The Hall–Kier alpha value is -3.92. The van der Waals surface area contributed by atoms with Gasteiger partial charge in [0.1, 0.15) is 23.4 Å². The maximum absolute atomic E-state index is 13.7. The highest BCUT2D eigenvalue weighted by Gasteiger charge is 2.38. The molecule has 0 unspecified atom stereocenters. The molecule has 4 rings (SSSR count). The number of nitrogens with zero attached hydrogens (tertiary/aromatic N) is 1. The molecule has 10 heteroatoms. The predicted molar refractivity (Wildman–Crippen MR) is 163 cm³/mol. The Morgan fingerprint density at radius 1 is 0.953 bits per heavy atom. The fourth-order valence-corrected chi connectivity index (χ4v) is 5.73. The molecule has 0 bridgehead atoms. The van der Waals surface area contributed by atoms with Crippen LogP contribution in [0.3, 0.4) is 0 Å². The molecule has 2 aromatic rings. The highest BCUT2D eigenvalue weighted by atomic mass is 16.5. The van der Waals surface area contributed by atoms with E-state index >= 15 is 0 Å². The van der Waals surface area contributed by atoms with E-state index < -0.39 is 35.9 Å². The van der Waals surface area contributed by atoms with Crippen molar-refractivity contribution in [1.29, 1.82) is 0 Å². The molecular formula is C33H44N4O6. The number of ether oxygens (including phenoxy) is 1. The van der Waals surface area contributed by atoms with Crippen LogP contribution in [-0.2, 0) is 32.0 Å². The Kier molecular flexibility index (Phi) is 10.8. The molecule has 232 valence electrons. The molecule has 0 radical (unpaired) electrons. The van der Waals surface area contributed by atoms with Crippen LogP contribution < -0.4 is 20.7 Å². The lowest BCUT2D eigenvalue weighted by Crippen LogP contribution is -2.54. The zero-order valence-electron chi connectivity index (χ0n) is 25.3. The molecule has 3 amide bonds. The zero-order chi connectivity index (χ0) is 31.0. The monoisotopic (exact) mass is 592 g/mol. The number of amides is 3. The fraction of sp³-hybridized carbons (Fsp3) is 0.515. The first-order valence-corrected chi connectivity index (χ1v) is 15.2. The number of hydrogen-bond donors (Lipinski definition) is 4. The van der Waals surface area contributed by atoms with Crippen LogP contribution in [-0.4, -0.2) is 76.6 Å². The van der Waals surface area contributed by atoms with Crippen molar-refractivity contribution in [3.8, 4) is 5.75 Å². The molecule has 0 spiro atoms. The van der Waals surface area contributed by atoms with Gasteiger partial charge in [0.15, 0.2) is 0 Å². The summed E-state index contributed by atoms with van der Waals surface area (Å²) in [6.07, 6.45) is 3.23. The van der Waals surface area contributed by atoms with Crippen molar-refractivity contribution in [2.45, 2.75) is 95.5 Å². The fourth-order valence-electron chi connectivity index (χ4n) is 5.73. The molecule has 2 aliphatic heterocycles. The average molecular weight is 593 g/mol. The first-order valence-electron chi connectivity index (χ1n) is 15.2. The highest BCUT2D eigenvalue weighted by molar-refractivity contribution is 5.91. The Morgan fingerprint density at radius 2 is 1.65 bits per heavy atom. The predicted octanol–water partition coefficient (Wildman–Crippen LogP) is 2.84. The van der Waals surface area contributed by atoms with E-state index in [-0.39, 0.29) is 30.4 Å². The summed E-state index contributed by atoms with van der Waals surface area (Å²) in [5, 5.41) is 18.8. The molecule has 2 aliphatic rings. The second-order valence-corrected chi connectivity index (χ2v) is 12.5. The van der Waals surface area contributed by atoms with Crippen molar-refractivity contribution in [3.63, 3.8) is 0 Å². The summed E-state index contributed by atoms with van der Waals surface area (Å²) in [6.45, 7) is 6.97. The zero-order valence-corrected chi connectivity index (χ0v) is 25.3. The first kappa shape index (κ1) is 32.0. The summed E-state index contributed by atoms with van der Waals surface area (Å²) in [5.74, 6) is -1.32. The summed E-state index contributed by atoms with van der Waals surface area (Å²) >= 11 is 0. The Morgan fingerprint density at radius 3 is 2.28 bits per heavy atom. The normalized spacial score (nSPS) is 19.8. The largest absolute Gasteiger partial charge is 0.488 e. The second kappa shape index (κ2) is 14.5. The number of carbonyl (C=O) groups is 4. The van der Waals surface area contributed by atoms with E-state index in [1.54, 1.807) is 0 Å². The van der Waals surface area contributed by atoms with E-state index in [1.807, 2.05) is 75.4 Å². The summed E-state index contributed by atoms with van der Waals surface area (Å²) in [5.41, 5.74) is 1.41. The van der Waals surface area contributed by atoms with Crippen LogP contribution >= 0.6 is 0 Å². The van der Waals surface area contributed by atoms with E-state index in [0.29, 0.717) is 31.6 Å².